The molecule has 0 spiro atoms. The van der Waals surface area contributed by atoms with Gasteiger partial charge in [-0.3, -0.25) is 19.4 Å². The molecule has 3 aliphatic carbocycles. The van der Waals surface area contributed by atoms with Gasteiger partial charge in [0.05, 0.1) is 74.0 Å². The molecule has 0 unspecified atom stereocenters. The standard InChI is InChI=1S/C35H37FN2O5.C33H33FN2O6.C26H25BFNO6/c1-23-28(13-11-27(39)18-24-8-6-5-7-9-24)31-22-26(36)10-12-29(31)30(23)19-25-20-32(41-3)34(33(21-25)42-4)43-35(40)38-16-14-37(2)15-17-38;1-21-26(9-7-25(37)15-22-5-4-10-35-20-22)29-19-24(34)6-8-27(29)28(21)16-23-17-30(39-2)32(31(18-23)40-3)42-33(38)36-11-13-41-14-12-36;1-15-20(7-5-18(30)14-19-8-9-29-35-19)23-13-17(28)4-6-21(23)22(15)10-16-11-24(33-2)26(27(31)32)25(12-16)34-3/h5-10,12,19-22H,11,13-18H2,1-4H3;4-6,8,10,16-20H,7,9,11-15H2,1-3H3;4,6,8-13,31-32H,5,7,14H2,1-3H3/b30-19-;28-16-;22-10-. The number of hydrogen-bond donors (Lipinski definition) is 2. The number of rotatable bonds is 27. The molecule has 622 valence electrons. The molecule has 5 aliphatic rings. The first-order valence-corrected chi connectivity index (χ1v) is 39.3. The second-order valence-corrected chi connectivity index (χ2v) is 29.4. The molecule has 9 aromatic rings. The first-order valence-electron chi connectivity index (χ1n) is 39.3. The summed E-state index contributed by atoms with van der Waals surface area (Å²) in [6.07, 6.45) is 13.0. The molecule has 2 fully saturated rings. The number of ether oxygens (including phenoxy) is 9. The normalized spacial score (nSPS) is 15.2. The average Bonchev–Trinajstić information content (AvgIpc) is 1.62. The lowest BCUT2D eigenvalue weighted by Crippen LogP contribution is -2.48. The van der Waals surface area contributed by atoms with Crippen molar-refractivity contribution in [2.45, 2.75) is 78.6 Å². The van der Waals surface area contributed by atoms with Gasteiger partial charge in [-0.1, -0.05) is 59.8 Å². The topological polar surface area (TPSA) is 258 Å². The second kappa shape index (κ2) is 40.2. The summed E-state index contributed by atoms with van der Waals surface area (Å²) in [4.78, 5) is 73.3. The van der Waals surface area contributed by atoms with Crippen molar-refractivity contribution in [3.63, 3.8) is 0 Å². The number of halogens is 3. The number of allylic oxidation sites excluding steroid dienone is 9. The lowest BCUT2D eigenvalue weighted by Gasteiger charge is -2.31. The highest BCUT2D eigenvalue weighted by Crippen LogP contribution is 2.50. The van der Waals surface area contributed by atoms with E-state index in [0.717, 1.165) is 119 Å². The number of pyridine rings is 1. The van der Waals surface area contributed by atoms with Gasteiger partial charge in [-0.25, -0.2) is 22.8 Å². The monoisotopic (exact) mass is 1630 g/mol. The van der Waals surface area contributed by atoms with Gasteiger partial charge in [0.15, 0.2) is 23.0 Å². The van der Waals surface area contributed by atoms with Crippen LogP contribution in [0.1, 0.15) is 126 Å². The van der Waals surface area contributed by atoms with Crippen LogP contribution in [0.2, 0.25) is 0 Å². The van der Waals surface area contributed by atoms with Gasteiger partial charge in [-0.05, 0) is 256 Å². The van der Waals surface area contributed by atoms with Crippen molar-refractivity contribution in [1.82, 2.24) is 24.8 Å². The van der Waals surface area contributed by atoms with Crippen LogP contribution in [0.3, 0.4) is 0 Å². The number of methoxy groups -OCH3 is 6. The summed E-state index contributed by atoms with van der Waals surface area (Å²) in [6, 6.07) is 39.6. The number of benzene rings is 7. The molecular formula is C94H95BF3N5O17. The van der Waals surface area contributed by atoms with Crippen LogP contribution in [0, 0.1) is 17.5 Å². The van der Waals surface area contributed by atoms with Crippen LogP contribution in [-0.2, 0) is 38.4 Å². The summed E-state index contributed by atoms with van der Waals surface area (Å²) in [5, 5.41) is 23.1. The van der Waals surface area contributed by atoms with Crippen LogP contribution in [-0.4, -0.2) is 174 Å². The zero-order valence-electron chi connectivity index (χ0n) is 68.7. The van der Waals surface area contributed by atoms with E-state index < -0.39 is 19.3 Å². The third-order valence-electron chi connectivity index (χ3n) is 21.7. The van der Waals surface area contributed by atoms with E-state index in [-0.39, 0.29) is 76.1 Å². The van der Waals surface area contributed by atoms with E-state index in [4.69, 9.17) is 47.2 Å². The van der Waals surface area contributed by atoms with E-state index in [1.165, 1.54) is 79.2 Å². The zero-order valence-corrected chi connectivity index (χ0v) is 68.7. The Morgan fingerprint density at radius 2 is 0.833 bits per heavy atom. The van der Waals surface area contributed by atoms with Gasteiger partial charge < -0.3 is 71.9 Å². The quantitative estimate of drug-likeness (QED) is 0.0453. The van der Waals surface area contributed by atoms with Gasteiger partial charge in [0.1, 0.15) is 52.1 Å². The third-order valence-corrected chi connectivity index (χ3v) is 21.7. The van der Waals surface area contributed by atoms with Crippen LogP contribution >= 0.6 is 0 Å². The number of hydrogen-bond acceptors (Lipinski definition) is 20. The highest BCUT2D eigenvalue weighted by Gasteiger charge is 2.33. The predicted molar refractivity (Wildman–Crippen MR) is 454 cm³/mol. The third kappa shape index (κ3) is 20.9. The summed E-state index contributed by atoms with van der Waals surface area (Å²) < 4.78 is 98.0. The molecule has 0 saturated carbocycles. The molecule has 4 heterocycles. The molecule has 0 bridgehead atoms. The van der Waals surface area contributed by atoms with Gasteiger partial charge in [-0.15, -0.1) is 0 Å². The van der Waals surface area contributed by atoms with Crippen molar-refractivity contribution in [3.8, 4) is 46.0 Å². The van der Waals surface area contributed by atoms with Gasteiger partial charge in [0, 0.05) is 89.8 Å². The van der Waals surface area contributed by atoms with E-state index in [9.17, 15) is 47.2 Å². The van der Waals surface area contributed by atoms with Crippen LogP contribution in [0.15, 0.2) is 179 Å². The number of ketones is 3. The van der Waals surface area contributed by atoms with E-state index in [2.05, 4.69) is 15.0 Å². The number of piperazine rings is 1. The van der Waals surface area contributed by atoms with Gasteiger partial charge >= 0.3 is 19.3 Å². The molecular weight excluding hydrogens is 1540 g/mol. The number of carbonyl (C=O) groups is 5. The van der Waals surface area contributed by atoms with Crippen molar-refractivity contribution in [3.05, 3.63) is 259 Å². The van der Waals surface area contributed by atoms with Crippen molar-refractivity contribution in [2.75, 3.05) is 102 Å². The van der Waals surface area contributed by atoms with Gasteiger partial charge in [-0.2, -0.15) is 0 Å². The first kappa shape index (κ1) is 86.7. The summed E-state index contributed by atoms with van der Waals surface area (Å²) in [6.45, 7) is 10.4. The Hall–Kier alpha value is -12.6. The molecule has 2 saturated heterocycles. The van der Waals surface area contributed by atoms with Crippen molar-refractivity contribution in [1.29, 1.82) is 0 Å². The SMILES string of the molecule is COc1cc(/C=C2/C(C)=C(CCC(=O)Cc3ccccc3)c3cc(F)ccc32)cc(OC)c1OC(=O)N1CCN(C)CC1.COc1cc(/C=C2/C(C)=C(CCC(=O)Cc3cccnc3)c3cc(F)ccc32)cc(OC)c1OC(=O)N1CCOCC1.COc1cc(/C=C2/C(C)=C(CCC(=O)Cc3ccno3)c3cc(F)ccc32)cc(OC)c1B(O)O. The van der Waals surface area contributed by atoms with Crippen LogP contribution in [0.5, 0.6) is 46.0 Å². The minimum atomic E-state index is -1.76. The smallest absolute Gasteiger partial charge is 0.496 e. The minimum absolute atomic E-state index is 0.00468. The van der Waals surface area contributed by atoms with Crippen molar-refractivity contribution >= 4 is 93.8 Å². The molecule has 14 rings (SSSR count). The number of nitrogens with zero attached hydrogens (tertiary/aromatic N) is 5. The Kier molecular flexibility index (Phi) is 29.1. The Morgan fingerprint density at radius 1 is 0.450 bits per heavy atom. The molecule has 26 heteroatoms. The molecule has 2 aromatic heterocycles. The molecule has 2 amide bonds. The fourth-order valence-corrected chi connectivity index (χ4v) is 15.4. The number of Topliss-reactive ketones (excluding diaryl/α,β-unsaturated/α-hetero) is 3. The average molecular weight is 1630 g/mol. The maximum Gasteiger partial charge on any atom is 0.496 e. The van der Waals surface area contributed by atoms with E-state index >= 15 is 0 Å². The maximum absolute atomic E-state index is 14.4. The highest BCUT2D eigenvalue weighted by molar-refractivity contribution is 6.61. The van der Waals surface area contributed by atoms with E-state index in [1.807, 2.05) is 88.5 Å². The Labute approximate surface area is 695 Å². The summed E-state index contributed by atoms with van der Waals surface area (Å²) in [5.41, 5.74) is 17.5. The van der Waals surface area contributed by atoms with Gasteiger partial charge in [0.25, 0.3) is 0 Å². The fourth-order valence-electron chi connectivity index (χ4n) is 15.4. The summed E-state index contributed by atoms with van der Waals surface area (Å²) in [5.74, 6) is 2.07. The molecule has 2 N–H and O–H groups in total. The van der Waals surface area contributed by atoms with E-state index in [1.54, 1.807) is 88.9 Å². The molecule has 2 aliphatic heterocycles. The maximum atomic E-state index is 14.4. The predicted octanol–water partition coefficient (Wildman–Crippen LogP) is 15.9. The number of likely N-dealkylation sites (N-methyl/N-ethyl adjacent to an activating group) is 1. The molecule has 0 radical (unpaired) electrons. The molecule has 120 heavy (non-hydrogen) atoms. The molecule has 0 atom stereocenters. The molecule has 7 aromatic carbocycles. The lowest BCUT2D eigenvalue weighted by atomic mass is 9.78. The minimum Gasteiger partial charge on any atom is -0.497 e. The number of aromatic nitrogens is 2. The second-order valence-electron chi connectivity index (χ2n) is 29.4. The van der Waals surface area contributed by atoms with Crippen LogP contribution < -0.4 is 43.4 Å². The van der Waals surface area contributed by atoms with Crippen molar-refractivity contribution in [2.24, 2.45) is 0 Å². The first-order chi connectivity index (χ1) is 58.0. The lowest BCUT2D eigenvalue weighted by molar-refractivity contribution is -0.119. The Bertz CT molecular complexity index is 5420. The number of fused-ring (bicyclic) bond motifs is 3. The number of carbonyl (C=O) groups excluding carboxylic acids is 5. The molecule has 22 nitrogen and oxygen atoms in total. The fraction of sp³-hybridized carbons (Fsp3) is 0.287. The Balaban J connectivity index is 0.000000166. The summed E-state index contributed by atoms with van der Waals surface area (Å²) in [7, 11) is 9.15. The number of amides is 2. The van der Waals surface area contributed by atoms with Crippen molar-refractivity contribution < 1.29 is 94.3 Å². The van der Waals surface area contributed by atoms with Crippen LogP contribution in [0.4, 0.5) is 22.8 Å². The van der Waals surface area contributed by atoms with Gasteiger partial charge in [0.2, 0.25) is 11.5 Å². The number of morpholine rings is 1. The Morgan fingerprint density at radius 3 is 1.21 bits per heavy atom. The van der Waals surface area contributed by atoms with Crippen LogP contribution in [0.25, 0.3) is 51.7 Å². The van der Waals surface area contributed by atoms with E-state index in [0.29, 0.717) is 119 Å². The zero-order chi connectivity index (χ0) is 85.3. The highest BCUT2D eigenvalue weighted by atomic mass is 19.1. The summed E-state index contributed by atoms with van der Waals surface area (Å²) >= 11 is 0. The largest absolute Gasteiger partial charge is 0.497 e.